The molecule has 1 saturated heterocycles. The molecule has 4 heteroatoms. The molecule has 0 unspecified atom stereocenters. The molecule has 1 N–H and O–H groups in total. The molecule has 1 aromatic carbocycles. The van der Waals surface area contributed by atoms with Crippen molar-refractivity contribution in [2.75, 3.05) is 25.0 Å². The van der Waals surface area contributed by atoms with Gasteiger partial charge in [-0.1, -0.05) is 32.0 Å². The number of anilines is 1. The summed E-state index contributed by atoms with van der Waals surface area (Å²) in [6, 6.07) is 7.88. The second kappa shape index (κ2) is 7.05. The van der Waals surface area contributed by atoms with Gasteiger partial charge in [0.05, 0.1) is 18.8 Å². The third-order valence-corrected chi connectivity index (χ3v) is 4.04. The van der Waals surface area contributed by atoms with Crippen molar-refractivity contribution in [2.24, 2.45) is 0 Å². The van der Waals surface area contributed by atoms with Crippen LogP contribution < -0.4 is 5.32 Å². The SMILES string of the molecule is CC(C)c1ccccc1NC(=O)[C@@H](C)N1CCO[C@H](C)C1. The van der Waals surface area contributed by atoms with E-state index in [0.717, 1.165) is 18.8 Å². The number of morpholine rings is 1. The maximum Gasteiger partial charge on any atom is 0.241 e. The Bertz CT molecular complexity index is 487. The first-order valence-electron chi connectivity index (χ1n) is 7.74. The summed E-state index contributed by atoms with van der Waals surface area (Å²) in [5.41, 5.74) is 2.10. The number of para-hydroxylation sites is 1. The lowest BCUT2D eigenvalue weighted by molar-refractivity contribution is -0.123. The van der Waals surface area contributed by atoms with Crippen molar-refractivity contribution in [1.82, 2.24) is 4.90 Å². The van der Waals surface area contributed by atoms with Gasteiger partial charge in [0, 0.05) is 18.8 Å². The van der Waals surface area contributed by atoms with Crippen LogP contribution >= 0.6 is 0 Å². The van der Waals surface area contributed by atoms with Crippen LogP contribution in [-0.2, 0) is 9.53 Å². The minimum atomic E-state index is -0.142. The van der Waals surface area contributed by atoms with Crippen molar-refractivity contribution in [1.29, 1.82) is 0 Å². The number of rotatable bonds is 4. The van der Waals surface area contributed by atoms with E-state index >= 15 is 0 Å². The van der Waals surface area contributed by atoms with Gasteiger partial charge in [-0.3, -0.25) is 9.69 Å². The van der Waals surface area contributed by atoms with Gasteiger partial charge in [-0.2, -0.15) is 0 Å². The van der Waals surface area contributed by atoms with Crippen molar-refractivity contribution < 1.29 is 9.53 Å². The van der Waals surface area contributed by atoms with E-state index in [1.54, 1.807) is 0 Å². The predicted molar refractivity (Wildman–Crippen MR) is 85.6 cm³/mol. The lowest BCUT2D eigenvalue weighted by atomic mass is 10.0. The number of nitrogens with zero attached hydrogens (tertiary/aromatic N) is 1. The van der Waals surface area contributed by atoms with Gasteiger partial charge in [-0.05, 0) is 31.4 Å². The Balaban J connectivity index is 2.04. The van der Waals surface area contributed by atoms with Gasteiger partial charge in [0.15, 0.2) is 0 Å². The first-order chi connectivity index (χ1) is 9.99. The van der Waals surface area contributed by atoms with Crippen LogP contribution in [0.5, 0.6) is 0 Å². The minimum absolute atomic E-state index is 0.0530. The fourth-order valence-corrected chi connectivity index (χ4v) is 2.71. The molecule has 2 rings (SSSR count). The van der Waals surface area contributed by atoms with Crippen molar-refractivity contribution in [3.63, 3.8) is 0 Å². The lowest BCUT2D eigenvalue weighted by Gasteiger charge is -2.34. The normalized spacial score (nSPS) is 21.3. The molecule has 0 saturated carbocycles. The summed E-state index contributed by atoms with van der Waals surface area (Å²) in [7, 11) is 0. The molecular formula is C17H26N2O2. The first kappa shape index (κ1) is 16.0. The van der Waals surface area contributed by atoms with Crippen molar-refractivity contribution in [2.45, 2.75) is 45.8 Å². The number of carbonyl (C=O) groups excluding carboxylic acids is 1. The molecule has 1 aromatic rings. The Kier molecular flexibility index (Phi) is 5.37. The zero-order valence-electron chi connectivity index (χ0n) is 13.4. The zero-order valence-corrected chi connectivity index (χ0v) is 13.4. The number of hydrogen-bond donors (Lipinski definition) is 1. The highest BCUT2D eigenvalue weighted by atomic mass is 16.5. The lowest BCUT2D eigenvalue weighted by Crippen LogP contribution is -2.50. The molecule has 1 heterocycles. The smallest absolute Gasteiger partial charge is 0.241 e. The molecule has 0 aliphatic carbocycles. The molecule has 116 valence electrons. The monoisotopic (exact) mass is 290 g/mol. The molecule has 0 spiro atoms. The Morgan fingerprint density at radius 1 is 1.33 bits per heavy atom. The average molecular weight is 290 g/mol. The van der Waals surface area contributed by atoms with Crippen molar-refractivity contribution in [3.8, 4) is 0 Å². The molecule has 0 aromatic heterocycles. The molecule has 0 radical (unpaired) electrons. The zero-order chi connectivity index (χ0) is 15.4. The Hall–Kier alpha value is -1.39. The van der Waals surface area contributed by atoms with Crippen molar-refractivity contribution >= 4 is 11.6 Å². The number of ether oxygens (including phenoxy) is 1. The van der Waals surface area contributed by atoms with E-state index < -0.39 is 0 Å². The van der Waals surface area contributed by atoms with E-state index in [2.05, 4.69) is 30.1 Å². The van der Waals surface area contributed by atoms with Gasteiger partial charge < -0.3 is 10.1 Å². The summed E-state index contributed by atoms with van der Waals surface area (Å²) in [4.78, 5) is 14.7. The highest BCUT2D eigenvalue weighted by Gasteiger charge is 2.26. The van der Waals surface area contributed by atoms with Crippen molar-refractivity contribution in [3.05, 3.63) is 29.8 Å². The van der Waals surface area contributed by atoms with Crippen LogP contribution in [0, 0.1) is 0 Å². The molecule has 21 heavy (non-hydrogen) atoms. The van der Waals surface area contributed by atoms with Gasteiger partial charge in [0.1, 0.15) is 0 Å². The molecule has 4 nitrogen and oxygen atoms in total. The van der Waals surface area contributed by atoms with Crippen LogP contribution in [0.3, 0.4) is 0 Å². The molecular weight excluding hydrogens is 264 g/mol. The molecule has 0 bridgehead atoms. The maximum atomic E-state index is 12.5. The van der Waals surface area contributed by atoms with Gasteiger partial charge in [0.25, 0.3) is 0 Å². The van der Waals surface area contributed by atoms with E-state index in [-0.39, 0.29) is 18.1 Å². The van der Waals surface area contributed by atoms with Crippen LogP contribution in [0.25, 0.3) is 0 Å². The van der Waals surface area contributed by atoms with E-state index in [1.807, 2.05) is 32.0 Å². The average Bonchev–Trinajstić information content (AvgIpc) is 2.46. The van der Waals surface area contributed by atoms with Gasteiger partial charge in [-0.25, -0.2) is 0 Å². The largest absolute Gasteiger partial charge is 0.376 e. The Morgan fingerprint density at radius 3 is 2.71 bits per heavy atom. The number of nitrogens with one attached hydrogen (secondary N) is 1. The summed E-state index contributed by atoms with van der Waals surface area (Å²) in [5, 5.41) is 3.08. The van der Waals surface area contributed by atoms with Gasteiger partial charge in [-0.15, -0.1) is 0 Å². The van der Waals surface area contributed by atoms with E-state index in [9.17, 15) is 4.79 Å². The number of hydrogen-bond acceptors (Lipinski definition) is 3. The molecule has 2 atom stereocenters. The highest BCUT2D eigenvalue weighted by Crippen LogP contribution is 2.24. The summed E-state index contributed by atoms with van der Waals surface area (Å²) in [6.45, 7) is 10.6. The van der Waals surface area contributed by atoms with Crippen LogP contribution in [0.4, 0.5) is 5.69 Å². The number of carbonyl (C=O) groups is 1. The summed E-state index contributed by atoms with van der Waals surface area (Å²) < 4.78 is 5.53. The van der Waals surface area contributed by atoms with E-state index in [4.69, 9.17) is 4.74 Å². The third-order valence-electron chi connectivity index (χ3n) is 4.04. The second-order valence-electron chi connectivity index (χ2n) is 6.08. The number of amides is 1. The molecule has 1 fully saturated rings. The molecule has 1 amide bonds. The second-order valence-corrected chi connectivity index (χ2v) is 6.08. The predicted octanol–water partition coefficient (Wildman–Crippen LogP) is 2.86. The Labute approximate surface area is 127 Å². The fraction of sp³-hybridized carbons (Fsp3) is 0.588. The Morgan fingerprint density at radius 2 is 2.05 bits per heavy atom. The summed E-state index contributed by atoms with van der Waals surface area (Å²) >= 11 is 0. The standard InChI is InChI=1S/C17H26N2O2/c1-12(2)15-7-5-6-8-16(15)18-17(20)14(4)19-9-10-21-13(3)11-19/h5-8,12-14H,9-11H2,1-4H3,(H,18,20)/t13-,14-/m1/s1. The van der Waals surface area contributed by atoms with Crippen LogP contribution in [-0.4, -0.2) is 42.6 Å². The number of benzene rings is 1. The van der Waals surface area contributed by atoms with Gasteiger partial charge in [0.2, 0.25) is 5.91 Å². The van der Waals surface area contributed by atoms with Crippen LogP contribution in [0.1, 0.15) is 39.2 Å². The van der Waals surface area contributed by atoms with Gasteiger partial charge >= 0.3 is 0 Å². The summed E-state index contributed by atoms with van der Waals surface area (Å²) in [5.74, 6) is 0.442. The molecule has 1 aliphatic rings. The highest BCUT2D eigenvalue weighted by molar-refractivity contribution is 5.95. The quantitative estimate of drug-likeness (QED) is 0.927. The van der Waals surface area contributed by atoms with E-state index in [0.29, 0.717) is 12.5 Å². The van der Waals surface area contributed by atoms with E-state index in [1.165, 1.54) is 5.56 Å². The third kappa shape index (κ3) is 4.05. The first-order valence-corrected chi connectivity index (χ1v) is 7.74. The topological polar surface area (TPSA) is 41.6 Å². The minimum Gasteiger partial charge on any atom is -0.376 e. The fourth-order valence-electron chi connectivity index (χ4n) is 2.71. The maximum absolute atomic E-state index is 12.5. The molecule has 1 aliphatic heterocycles. The van der Waals surface area contributed by atoms with Crippen LogP contribution in [0.15, 0.2) is 24.3 Å². The summed E-state index contributed by atoms with van der Waals surface area (Å²) in [6.07, 6.45) is 0.192. The van der Waals surface area contributed by atoms with Crippen LogP contribution in [0.2, 0.25) is 0 Å².